The molecule has 14 heteroatoms. The second kappa shape index (κ2) is 8.85. The highest BCUT2D eigenvalue weighted by atomic mass is 32.2. The Kier molecular flexibility index (Phi) is 6.40. The van der Waals surface area contributed by atoms with Crippen LogP contribution in [0.15, 0.2) is 40.7 Å². The largest absolute Gasteiger partial charge is 0.477 e. The molecule has 1 heterocycles. The summed E-state index contributed by atoms with van der Waals surface area (Å²) in [6, 6.07) is 4.76. The molecule has 3 rings (SSSR count). The first-order valence-electron chi connectivity index (χ1n) is 8.06. The average molecular weight is 479 g/mol. The molecule has 3 aromatic rings. The normalized spacial score (nSPS) is 11.3. The van der Waals surface area contributed by atoms with Crippen molar-refractivity contribution in [2.24, 2.45) is 0 Å². The molecular weight excluding hydrogens is 469 g/mol. The Labute approximate surface area is 175 Å². The maximum absolute atomic E-state index is 13.5. The lowest BCUT2D eigenvalue weighted by molar-refractivity contribution is -0.118. The van der Waals surface area contributed by atoms with E-state index in [0.29, 0.717) is 0 Å². The molecule has 31 heavy (non-hydrogen) atoms. The Balaban J connectivity index is 1.64. The Morgan fingerprint density at radius 1 is 0.968 bits per heavy atom. The van der Waals surface area contributed by atoms with Gasteiger partial charge in [-0.2, -0.15) is 8.78 Å². The van der Waals surface area contributed by atoms with Crippen molar-refractivity contribution in [1.82, 2.24) is 4.98 Å². The van der Waals surface area contributed by atoms with Crippen molar-refractivity contribution < 1.29 is 39.9 Å². The Morgan fingerprint density at radius 2 is 1.55 bits per heavy atom. The predicted octanol–water partition coefficient (Wildman–Crippen LogP) is 3.66. The van der Waals surface area contributed by atoms with Crippen LogP contribution in [0.2, 0.25) is 0 Å². The van der Waals surface area contributed by atoms with E-state index in [1.54, 1.807) is 5.38 Å². The van der Waals surface area contributed by atoms with Gasteiger partial charge < -0.3 is 10.1 Å². The van der Waals surface area contributed by atoms with E-state index in [1.807, 2.05) is 0 Å². The predicted molar refractivity (Wildman–Crippen MR) is 99.7 cm³/mol. The summed E-state index contributed by atoms with van der Waals surface area (Å²) in [5.41, 5.74) is 0.0826. The van der Waals surface area contributed by atoms with Crippen molar-refractivity contribution in [3.63, 3.8) is 0 Å². The van der Waals surface area contributed by atoms with Gasteiger partial charge in [0.2, 0.25) is 29.1 Å². The van der Waals surface area contributed by atoms with Gasteiger partial charge in [-0.15, -0.1) is 11.3 Å². The zero-order chi connectivity index (χ0) is 22.8. The van der Waals surface area contributed by atoms with Crippen LogP contribution in [0.3, 0.4) is 0 Å². The maximum Gasteiger partial charge on any atom is 0.263 e. The molecule has 7 nitrogen and oxygen atoms in total. The molecule has 0 fully saturated rings. The Morgan fingerprint density at radius 3 is 2.10 bits per heavy atom. The quantitative estimate of drug-likeness (QED) is 0.306. The molecule has 2 N–H and O–H groups in total. The molecule has 0 atom stereocenters. The number of carbonyl (C=O) groups excluding carboxylic acids is 1. The third-order valence-electron chi connectivity index (χ3n) is 3.62. The fourth-order valence-electron chi connectivity index (χ4n) is 2.21. The number of hydrogen-bond acceptors (Lipinski definition) is 6. The van der Waals surface area contributed by atoms with E-state index < -0.39 is 57.4 Å². The monoisotopic (exact) mass is 479 g/mol. The molecule has 0 aliphatic rings. The molecule has 0 radical (unpaired) electrons. The van der Waals surface area contributed by atoms with Crippen molar-refractivity contribution >= 4 is 38.1 Å². The van der Waals surface area contributed by atoms with Crippen LogP contribution < -0.4 is 14.8 Å². The summed E-state index contributed by atoms with van der Waals surface area (Å²) in [5, 5.41) is 3.95. The van der Waals surface area contributed by atoms with E-state index in [-0.39, 0.29) is 15.7 Å². The minimum Gasteiger partial charge on any atom is -0.477 e. The maximum atomic E-state index is 13.5. The first-order chi connectivity index (χ1) is 14.6. The molecular formula is C17H10F5N3O4S2. The molecule has 0 spiro atoms. The van der Waals surface area contributed by atoms with Crippen molar-refractivity contribution in [2.75, 3.05) is 16.6 Å². The van der Waals surface area contributed by atoms with Gasteiger partial charge in [0.25, 0.3) is 15.9 Å². The van der Waals surface area contributed by atoms with E-state index in [1.165, 1.54) is 18.3 Å². The first kappa shape index (κ1) is 22.4. The van der Waals surface area contributed by atoms with Gasteiger partial charge in [0, 0.05) is 17.3 Å². The van der Waals surface area contributed by atoms with Gasteiger partial charge in [-0.3, -0.25) is 9.52 Å². The lowest BCUT2D eigenvalue weighted by Gasteiger charge is -2.11. The summed E-state index contributed by atoms with van der Waals surface area (Å²) in [5.74, 6) is -13.8. The molecule has 0 bridgehead atoms. The number of anilines is 2. The summed E-state index contributed by atoms with van der Waals surface area (Å²) in [6.07, 6.45) is 1.41. The van der Waals surface area contributed by atoms with Crippen molar-refractivity contribution in [3.8, 4) is 5.75 Å². The number of hydrogen-bond donors (Lipinski definition) is 2. The molecule has 1 amide bonds. The van der Waals surface area contributed by atoms with Crippen molar-refractivity contribution in [2.45, 2.75) is 4.90 Å². The van der Waals surface area contributed by atoms with Crippen LogP contribution in [0.1, 0.15) is 0 Å². The van der Waals surface area contributed by atoms with Crippen molar-refractivity contribution in [3.05, 3.63) is 64.9 Å². The Bertz CT molecular complexity index is 1190. The third kappa shape index (κ3) is 4.91. The van der Waals surface area contributed by atoms with E-state index in [9.17, 15) is 35.2 Å². The van der Waals surface area contributed by atoms with Crippen LogP contribution in [-0.2, 0) is 14.8 Å². The standard InChI is InChI=1S/C17H10F5N3O4S2/c18-11-12(19)14(21)16(15(22)13(11)20)29-7-10(26)24-8-1-3-9(4-2-8)31(27,28)25-17-23-5-6-30-17/h1-6H,7H2,(H,23,25)(H,24,26). The lowest BCUT2D eigenvalue weighted by Crippen LogP contribution is -2.21. The average Bonchev–Trinajstić information content (AvgIpc) is 3.23. The molecule has 0 saturated heterocycles. The number of nitrogens with one attached hydrogen (secondary N) is 2. The number of nitrogens with zero attached hydrogens (tertiary/aromatic N) is 1. The molecule has 2 aromatic carbocycles. The number of aromatic nitrogens is 1. The molecule has 0 aliphatic carbocycles. The fourth-order valence-corrected chi connectivity index (χ4v) is 4.00. The van der Waals surface area contributed by atoms with Gasteiger partial charge in [0.05, 0.1) is 4.90 Å². The number of halogens is 5. The third-order valence-corrected chi connectivity index (χ3v) is 5.79. The van der Waals surface area contributed by atoms with Crippen LogP contribution >= 0.6 is 11.3 Å². The summed E-state index contributed by atoms with van der Waals surface area (Å²) >= 11 is 1.07. The number of ether oxygens (including phenoxy) is 1. The summed E-state index contributed by atoms with van der Waals surface area (Å²) in [6.45, 7) is -1.08. The van der Waals surface area contributed by atoms with Crippen LogP contribution in [-0.4, -0.2) is 25.9 Å². The van der Waals surface area contributed by atoms with Gasteiger partial charge in [-0.1, -0.05) is 0 Å². The van der Waals surface area contributed by atoms with Crippen LogP contribution in [0.25, 0.3) is 0 Å². The van der Waals surface area contributed by atoms with Gasteiger partial charge >= 0.3 is 0 Å². The van der Waals surface area contributed by atoms with Gasteiger partial charge in [0.15, 0.2) is 17.5 Å². The zero-order valence-electron chi connectivity index (χ0n) is 15.0. The van der Waals surface area contributed by atoms with E-state index in [2.05, 4.69) is 19.8 Å². The topological polar surface area (TPSA) is 97.4 Å². The highest BCUT2D eigenvalue weighted by Gasteiger charge is 2.27. The smallest absolute Gasteiger partial charge is 0.263 e. The summed E-state index contributed by atoms with van der Waals surface area (Å²) in [4.78, 5) is 15.5. The zero-order valence-corrected chi connectivity index (χ0v) is 16.6. The SMILES string of the molecule is O=C(COc1c(F)c(F)c(F)c(F)c1F)Nc1ccc(S(=O)(=O)Nc2nccs2)cc1. The number of amides is 1. The fraction of sp³-hybridized carbons (Fsp3) is 0.0588. The highest BCUT2D eigenvalue weighted by Crippen LogP contribution is 2.29. The molecule has 0 saturated carbocycles. The van der Waals surface area contributed by atoms with Gasteiger partial charge in [-0.25, -0.2) is 26.6 Å². The molecule has 1 aromatic heterocycles. The molecule has 0 unspecified atom stereocenters. The van der Waals surface area contributed by atoms with E-state index in [0.717, 1.165) is 23.5 Å². The van der Waals surface area contributed by atoms with Crippen LogP contribution in [0.4, 0.5) is 32.8 Å². The number of rotatable bonds is 7. The Hall–Kier alpha value is -3.26. The van der Waals surface area contributed by atoms with Crippen LogP contribution in [0.5, 0.6) is 5.75 Å². The first-order valence-corrected chi connectivity index (χ1v) is 10.4. The van der Waals surface area contributed by atoms with Gasteiger partial charge in [-0.05, 0) is 24.3 Å². The lowest BCUT2D eigenvalue weighted by atomic mass is 10.2. The second-order valence-electron chi connectivity index (χ2n) is 5.70. The number of benzene rings is 2. The second-order valence-corrected chi connectivity index (χ2v) is 8.28. The number of carbonyl (C=O) groups is 1. The summed E-state index contributed by atoms with van der Waals surface area (Å²) < 4.78 is 97.4. The highest BCUT2D eigenvalue weighted by molar-refractivity contribution is 7.93. The van der Waals surface area contributed by atoms with Crippen LogP contribution in [0, 0.1) is 29.1 Å². The minimum atomic E-state index is -3.92. The summed E-state index contributed by atoms with van der Waals surface area (Å²) in [7, 11) is -3.92. The van der Waals surface area contributed by atoms with E-state index >= 15 is 0 Å². The number of sulfonamides is 1. The minimum absolute atomic E-state index is 0.0826. The van der Waals surface area contributed by atoms with E-state index in [4.69, 9.17) is 0 Å². The van der Waals surface area contributed by atoms with Crippen molar-refractivity contribution in [1.29, 1.82) is 0 Å². The van der Waals surface area contributed by atoms with Gasteiger partial charge in [0.1, 0.15) is 0 Å². The molecule has 164 valence electrons. The molecule has 0 aliphatic heterocycles. The number of thiazole rings is 1.